The smallest absolute Gasteiger partial charge is 0.333 e. The molecule has 0 rings (SSSR count). The van der Waals surface area contributed by atoms with Gasteiger partial charge in [-0.15, -0.1) is 0 Å². The highest BCUT2D eigenvalue weighted by molar-refractivity contribution is 5.90. The molecule has 0 spiro atoms. The second-order valence-electron chi connectivity index (χ2n) is 2.35. The molecule has 1 unspecified atom stereocenters. The highest BCUT2D eigenvalue weighted by Crippen LogP contribution is 1.98. The van der Waals surface area contributed by atoms with Gasteiger partial charge in [0.15, 0.2) is 0 Å². The maximum atomic E-state index is 10.7. The topological polar surface area (TPSA) is 83.8 Å². The summed E-state index contributed by atoms with van der Waals surface area (Å²) in [6.07, 6.45) is 1.27. The van der Waals surface area contributed by atoms with Crippen LogP contribution in [0.5, 0.6) is 0 Å². The molecule has 13 heavy (non-hydrogen) atoms. The molecule has 0 bridgehead atoms. The van der Waals surface area contributed by atoms with Crippen LogP contribution in [0.4, 0.5) is 0 Å². The third kappa shape index (κ3) is 7.02. The number of aliphatic hydroxyl groups is 1. The minimum absolute atomic E-state index is 0.340. The number of carbonyl (C=O) groups is 2. The Labute approximate surface area is 75.6 Å². The average molecular weight is 188 g/mol. The number of rotatable bonds is 5. The Morgan fingerprint density at radius 1 is 1.46 bits per heavy atom. The van der Waals surface area contributed by atoms with E-state index in [-0.39, 0.29) is 0 Å². The van der Waals surface area contributed by atoms with Crippen LogP contribution in [-0.2, 0) is 14.3 Å². The molecule has 5 heteroatoms. The van der Waals surface area contributed by atoms with Gasteiger partial charge in [0.2, 0.25) is 6.29 Å². The van der Waals surface area contributed by atoms with Gasteiger partial charge in [-0.25, -0.2) is 9.59 Å². The molecule has 1 atom stereocenters. The monoisotopic (exact) mass is 188 g/mol. The molecule has 0 saturated carbocycles. The molecule has 74 valence electrons. The molecular weight excluding hydrogens is 176 g/mol. The summed E-state index contributed by atoms with van der Waals surface area (Å²) in [6, 6.07) is 0. The van der Waals surface area contributed by atoms with E-state index in [0.717, 1.165) is 6.08 Å². The first-order valence-electron chi connectivity index (χ1n) is 3.86. The molecular formula is C8H12O5. The Balaban J connectivity index is 3.80. The van der Waals surface area contributed by atoms with Gasteiger partial charge in [0, 0.05) is 18.6 Å². The molecule has 0 heterocycles. The molecule has 0 aromatic heterocycles. The van der Waals surface area contributed by atoms with Crippen LogP contribution in [0.25, 0.3) is 0 Å². The maximum absolute atomic E-state index is 10.7. The Kier molecular flexibility index (Phi) is 5.54. The Bertz CT molecular complexity index is 209. The van der Waals surface area contributed by atoms with Crippen molar-refractivity contribution in [2.75, 3.05) is 0 Å². The van der Waals surface area contributed by atoms with Gasteiger partial charge in [-0.2, -0.15) is 0 Å². The number of ether oxygens (including phenoxy) is 1. The van der Waals surface area contributed by atoms with Crippen LogP contribution in [0.1, 0.15) is 19.8 Å². The van der Waals surface area contributed by atoms with Gasteiger partial charge in [0.25, 0.3) is 0 Å². The normalized spacial score (nSPS) is 12.8. The molecule has 0 fully saturated rings. The van der Waals surface area contributed by atoms with Crippen LogP contribution in [-0.4, -0.2) is 28.4 Å². The molecule has 0 aliphatic heterocycles. The zero-order valence-corrected chi connectivity index (χ0v) is 7.27. The van der Waals surface area contributed by atoms with E-state index in [1.807, 2.05) is 6.92 Å². The molecule has 0 radical (unpaired) electrons. The van der Waals surface area contributed by atoms with E-state index in [4.69, 9.17) is 10.2 Å². The lowest BCUT2D eigenvalue weighted by Gasteiger charge is -2.07. The largest absolute Gasteiger partial charge is 0.478 e. The van der Waals surface area contributed by atoms with E-state index in [1.165, 1.54) is 0 Å². The summed E-state index contributed by atoms with van der Waals surface area (Å²) in [4.78, 5) is 20.7. The van der Waals surface area contributed by atoms with Crippen LogP contribution >= 0.6 is 0 Å². The summed E-state index contributed by atoms with van der Waals surface area (Å²) in [5.74, 6) is -2.09. The van der Waals surface area contributed by atoms with Crippen molar-refractivity contribution in [1.29, 1.82) is 0 Å². The first-order valence-corrected chi connectivity index (χ1v) is 3.86. The number of carboxylic acids is 1. The lowest BCUT2D eigenvalue weighted by Crippen LogP contribution is -2.15. The van der Waals surface area contributed by atoms with E-state index < -0.39 is 18.2 Å². The standard InChI is InChI=1S/C8H12O5/c1-2-3-7(11)13-8(12)5-4-6(9)10/h4-5,7,11H,2-3H2,1H3,(H,9,10). The number of carboxylic acid groups (broad SMARTS) is 1. The lowest BCUT2D eigenvalue weighted by molar-refractivity contribution is -0.162. The molecule has 0 amide bonds. The number of aliphatic carboxylic acids is 1. The van der Waals surface area contributed by atoms with Crippen LogP contribution in [0.2, 0.25) is 0 Å². The summed E-state index contributed by atoms with van der Waals surface area (Å²) in [5, 5.41) is 17.1. The predicted octanol–water partition coefficient (Wildman–Crippen LogP) is 0.289. The van der Waals surface area contributed by atoms with Crippen molar-refractivity contribution in [3.05, 3.63) is 12.2 Å². The third-order valence-corrected chi connectivity index (χ3v) is 1.15. The second-order valence-corrected chi connectivity index (χ2v) is 2.35. The summed E-state index contributed by atoms with van der Waals surface area (Å²) in [6.45, 7) is 1.82. The van der Waals surface area contributed by atoms with Crippen molar-refractivity contribution in [3.8, 4) is 0 Å². The van der Waals surface area contributed by atoms with E-state index in [1.54, 1.807) is 0 Å². The fourth-order valence-corrected chi connectivity index (χ4v) is 0.619. The number of hydrogen-bond acceptors (Lipinski definition) is 4. The van der Waals surface area contributed by atoms with Crippen molar-refractivity contribution in [3.63, 3.8) is 0 Å². The second kappa shape index (κ2) is 6.19. The zero-order chi connectivity index (χ0) is 10.3. The summed E-state index contributed by atoms with van der Waals surface area (Å²) < 4.78 is 4.41. The van der Waals surface area contributed by atoms with Crippen LogP contribution < -0.4 is 0 Å². The first-order chi connectivity index (χ1) is 6.06. The third-order valence-electron chi connectivity index (χ3n) is 1.15. The minimum atomic E-state index is -1.23. The molecule has 5 nitrogen and oxygen atoms in total. The van der Waals surface area contributed by atoms with E-state index >= 15 is 0 Å². The Morgan fingerprint density at radius 3 is 2.54 bits per heavy atom. The molecule has 2 N–H and O–H groups in total. The fourth-order valence-electron chi connectivity index (χ4n) is 0.619. The van der Waals surface area contributed by atoms with Gasteiger partial charge < -0.3 is 14.9 Å². The van der Waals surface area contributed by atoms with Crippen LogP contribution in [0.15, 0.2) is 12.2 Å². The van der Waals surface area contributed by atoms with Crippen LogP contribution in [0.3, 0.4) is 0 Å². The van der Waals surface area contributed by atoms with Gasteiger partial charge in [-0.1, -0.05) is 13.3 Å². The highest BCUT2D eigenvalue weighted by Gasteiger charge is 2.06. The van der Waals surface area contributed by atoms with E-state index in [9.17, 15) is 9.59 Å². The van der Waals surface area contributed by atoms with Crippen molar-refractivity contribution in [1.82, 2.24) is 0 Å². The summed E-state index contributed by atoms with van der Waals surface area (Å²) >= 11 is 0. The van der Waals surface area contributed by atoms with Gasteiger partial charge in [-0.05, 0) is 0 Å². The van der Waals surface area contributed by atoms with Gasteiger partial charge in [0.05, 0.1) is 0 Å². The van der Waals surface area contributed by atoms with Crippen molar-refractivity contribution in [2.24, 2.45) is 0 Å². The summed E-state index contributed by atoms with van der Waals surface area (Å²) in [5.41, 5.74) is 0. The number of aliphatic hydroxyl groups excluding tert-OH is 1. The van der Waals surface area contributed by atoms with Crippen molar-refractivity contribution >= 4 is 11.9 Å². The van der Waals surface area contributed by atoms with Crippen LogP contribution in [0, 0.1) is 0 Å². The molecule has 0 aromatic carbocycles. The van der Waals surface area contributed by atoms with Gasteiger partial charge in [0.1, 0.15) is 0 Å². The molecule has 0 aromatic rings. The quantitative estimate of drug-likeness (QED) is 0.368. The van der Waals surface area contributed by atoms with E-state index in [2.05, 4.69) is 4.74 Å². The minimum Gasteiger partial charge on any atom is -0.478 e. The summed E-state index contributed by atoms with van der Waals surface area (Å²) in [7, 11) is 0. The zero-order valence-electron chi connectivity index (χ0n) is 7.27. The molecule has 0 saturated heterocycles. The van der Waals surface area contributed by atoms with E-state index in [0.29, 0.717) is 18.9 Å². The number of hydrogen-bond donors (Lipinski definition) is 2. The van der Waals surface area contributed by atoms with Crippen molar-refractivity contribution in [2.45, 2.75) is 26.1 Å². The molecule has 0 aliphatic rings. The Hall–Kier alpha value is -1.36. The van der Waals surface area contributed by atoms with Gasteiger partial charge >= 0.3 is 11.9 Å². The molecule has 0 aliphatic carbocycles. The highest BCUT2D eigenvalue weighted by atomic mass is 16.6. The number of esters is 1. The SMILES string of the molecule is CCCC(O)OC(=O)C=CC(=O)O. The average Bonchev–Trinajstić information content (AvgIpc) is 2.01. The predicted molar refractivity (Wildman–Crippen MR) is 43.8 cm³/mol. The van der Waals surface area contributed by atoms with Crippen molar-refractivity contribution < 1.29 is 24.5 Å². The maximum Gasteiger partial charge on any atom is 0.333 e. The first kappa shape index (κ1) is 11.6. The Morgan fingerprint density at radius 2 is 2.08 bits per heavy atom. The lowest BCUT2D eigenvalue weighted by atomic mass is 10.3. The number of carbonyl (C=O) groups excluding carboxylic acids is 1. The van der Waals surface area contributed by atoms with Gasteiger partial charge in [-0.3, -0.25) is 0 Å². The fraction of sp³-hybridized carbons (Fsp3) is 0.500.